The van der Waals surface area contributed by atoms with E-state index in [0.29, 0.717) is 23.1 Å². The van der Waals surface area contributed by atoms with Gasteiger partial charge in [-0.05, 0) is 29.8 Å². The molecule has 0 spiro atoms. The van der Waals surface area contributed by atoms with Crippen molar-refractivity contribution in [3.05, 3.63) is 59.7 Å². The summed E-state index contributed by atoms with van der Waals surface area (Å²) in [5.41, 5.74) is 6.89. The van der Waals surface area contributed by atoms with Gasteiger partial charge in [0, 0.05) is 12.6 Å². The number of ether oxygens (including phenoxy) is 1. The fourth-order valence-corrected chi connectivity index (χ4v) is 1.88. The minimum Gasteiger partial charge on any atom is -0.457 e. The second-order valence-corrected chi connectivity index (χ2v) is 5.14. The van der Waals surface area contributed by atoms with Gasteiger partial charge < -0.3 is 15.8 Å². The first kappa shape index (κ1) is 15.1. The molecule has 0 aliphatic carbocycles. The van der Waals surface area contributed by atoms with Crippen molar-refractivity contribution < 1.29 is 9.53 Å². The number of nitrogens with two attached hydrogens (primary N) is 1. The summed E-state index contributed by atoms with van der Waals surface area (Å²) in [5.74, 6) is 0.651. The summed E-state index contributed by atoms with van der Waals surface area (Å²) < 4.78 is 5.73. The molecule has 0 unspecified atom stereocenters. The average molecular weight is 284 g/mol. The Morgan fingerprint density at radius 1 is 1.14 bits per heavy atom. The first-order valence-electron chi connectivity index (χ1n) is 6.95. The molecule has 4 heteroatoms. The van der Waals surface area contributed by atoms with Gasteiger partial charge >= 0.3 is 0 Å². The van der Waals surface area contributed by atoms with Crippen LogP contribution in [0, 0.1) is 0 Å². The van der Waals surface area contributed by atoms with Gasteiger partial charge in [-0.1, -0.05) is 38.1 Å². The molecule has 0 atom stereocenters. The maximum Gasteiger partial charge on any atom is 0.252 e. The third-order valence-electron chi connectivity index (χ3n) is 3.02. The SMILES string of the molecule is CC(C)NCc1ccc(Oc2ccccc2C(N)=O)cc1. The molecule has 0 aliphatic rings. The number of benzene rings is 2. The lowest BCUT2D eigenvalue weighted by Crippen LogP contribution is -2.21. The molecular weight excluding hydrogens is 264 g/mol. The molecule has 0 radical (unpaired) electrons. The predicted octanol–water partition coefficient (Wildman–Crippen LogP) is 3.08. The zero-order valence-electron chi connectivity index (χ0n) is 12.3. The summed E-state index contributed by atoms with van der Waals surface area (Å²) in [7, 11) is 0. The van der Waals surface area contributed by atoms with Crippen LogP contribution in [0.2, 0.25) is 0 Å². The molecule has 2 aromatic carbocycles. The van der Waals surface area contributed by atoms with E-state index < -0.39 is 5.91 Å². The van der Waals surface area contributed by atoms with Gasteiger partial charge in [0.1, 0.15) is 11.5 Å². The number of amides is 1. The summed E-state index contributed by atoms with van der Waals surface area (Å²) in [6.07, 6.45) is 0. The molecular formula is C17H20N2O2. The van der Waals surface area contributed by atoms with E-state index in [4.69, 9.17) is 10.5 Å². The highest BCUT2D eigenvalue weighted by molar-refractivity contribution is 5.95. The lowest BCUT2D eigenvalue weighted by molar-refractivity contribution is 0.0998. The number of carbonyl (C=O) groups excluding carboxylic acids is 1. The van der Waals surface area contributed by atoms with Crippen LogP contribution in [0.5, 0.6) is 11.5 Å². The summed E-state index contributed by atoms with van der Waals surface area (Å²) in [4.78, 5) is 11.3. The van der Waals surface area contributed by atoms with Crippen molar-refractivity contribution in [3.8, 4) is 11.5 Å². The van der Waals surface area contributed by atoms with Crippen molar-refractivity contribution in [2.75, 3.05) is 0 Å². The van der Waals surface area contributed by atoms with Crippen LogP contribution in [-0.2, 0) is 6.54 Å². The largest absolute Gasteiger partial charge is 0.457 e. The Morgan fingerprint density at radius 3 is 2.43 bits per heavy atom. The molecule has 110 valence electrons. The van der Waals surface area contributed by atoms with Crippen molar-refractivity contribution in [2.24, 2.45) is 5.73 Å². The molecule has 0 fully saturated rings. The van der Waals surface area contributed by atoms with Gasteiger partial charge in [0.25, 0.3) is 5.91 Å². The van der Waals surface area contributed by atoms with Crippen molar-refractivity contribution in [1.29, 1.82) is 0 Å². The molecule has 0 saturated heterocycles. The summed E-state index contributed by atoms with van der Waals surface area (Å²) in [5, 5.41) is 3.35. The minimum atomic E-state index is -0.497. The standard InChI is InChI=1S/C17H20N2O2/c1-12(2)19-11-13-7-9-14(10-8-13)21-16-6-4-3-5-15(16)17(18)20/h3-10,12,19H,11H2,1-2H3,(H2,18,20). The van der Waals surface area contributed by atoms with Crippen LogP contribution < -0.4 is 15.8 Å². The Balaban J connectivity index is 2.09. The number of hydrogen-bond acceptors (Lipinski definition) is 3. The van der Waals surface area contributed by atoms with E-state index >= 15 is 0 Å². The van der Waals surface area contributed by atoms with Crippen LogP contribution in [0.3, 0.4) is 0 Å². The van der Waals surface area contributed by atoms with Crippen LogP contribution in [0.15, 0.2) is 48.5 Å². The normalized spacial score (nSPS) is 10.6. The number of para-hydroxylation sites is 1. The van der Waals surface area contributed by atoms with Crippen molar-refractivity contribution in [3.63, 3.8) is 0 Å². The molecule has 4 nitrogen and oxygen atoms in total. The van der Waals surface area contributed by atoms with E-state index in [1.54, 1.807) is 18.2 Å². The van der Waals surface area contributed by atoms with Crippen molar-refractivity contribution >= 4 is 5.91 Å². The molecule has 1 amide bonds. The Morgan fingerprint density at radius 2 is 1.81 bits per heavy atom. The van der Waals surface area contributed by atoms with Gasteiger partial charge in [-0.25, -0.2) is 0 Å². The van der Waals surface area contributed by atoms with Crippen molar-refractivity contribution in [1.82, 2.24) is 5.32 Å². The quantitative estimate of drug-likeness (QED) is 0.856. The summed E-state index contributed by atoms with van der Waals surface area (Å²) in [6, 6.07) is 15.2. The fourth-order valence-electron chi connectivity index (χ4n) is 1.88. The molecule has 21 heavy (non-hydrogen) atoms. The highest BCUT2D eigenvalue weighted by Crippen LogP contribution is 2.25. The topological polar surface area (TPSA) is 64.3 Å². The molecule has 2 aromatic rings. The Bertz CT molecular complexity index is 606. The number of hydrogen-bond donors (Lipinski definition) is 2. The molecule has 0 heterocycles. The minimum absolute atomic E-state index is 0.378. The molecule has 2 rings (SSSR count). The summed E-state index contributed by atoms with van der Waals surface area (Å²) in [6.45, 7) is 5.03. The Hall–Kier alpha value is -2.33. The average Bonchev–Trinajstić information content (AvgIpc) is 2.47. The van der Waals surface area contributed by atoms with E-state index in [1.807, 2.05) is 30.3 Å². The smallest absolute Gasteiger partial charge is 0.252 e. The van der Waals surface area contributed by atoms with Crippen LogP contribution >= 0.6 is 0 Å². The van der Waals surface area contributed by atoms with E-state index in [1.165, 1.54) is 5.56 Å². The second kappa shape index (κ2) is 6.90. The number of nitrogens with one attached hydrogen (secondary N) is 1. The Kier molecular flexibility index (Phi) is 4.95. The first-order chi connectivity index (χ1) is 10.1. The first-order valence-corrected chi connectivity index (χ1v) is 6.95. The van der Waals surface area contributed by atoms with Crippen LogP contribution in [0.1, 0.15) is 29.8 Å². The van der Waals surface area contributed by atoms with E-state index in [9.17, 15) is 4.79 Å². The highest BCUT2D eigenvalue weighted by Gasteiger charge is 2.09. The van der Waals surface area contributed by atoms with Crippen molar-refractivity contribution in [2.45, 2.75) is 26.4 Å². The molecule has 0 aromatic heterocycles. The van der Waals surface area contributed by atoms with Gasteiger partial charge in [-0.15, -0.1) is 0 Å². The lowest BCUT2D eigenvalue weighted by atomic mass is 10.2. The van der Waals surface area contributed by atoms with Crippen LogP contribution in [-0.4, -0.2) is 11.9 Å². The van der Waals surface area contributed by atoms with E-state index in [-0.39, 0.29) is 0 Å². The van der Waals surface area contributed by atoms with Crippen LogP contribution in [0.4, 0.5) is 0 Å². The molecule has 0 bridgehead atoms. The van der Waals surface area contributed by atoms with E-state index in [0.717, 1.165) is 6.54 Å². The number of rotatable bonds is 6. The maximum atomic E-state index is 11.3. The zero-order valence-corrected chi connectivity index (χ0v) is 12.3. The maximum absolute atomic E-state index is 11.3. The monoisotopic (exact) mass is 284 g/mol. The Labute approximate surface area is 124 Å². The predicted molar refractivity (Wildman–Crippen MR) is 83.5 cm³/mol. The number of carbonyl (C=O) groups is 1. The zero-order chi connectivity index (χ0) is 15.2. The third-order valence-corrected chi connectivity index (χ3v) is 3.02. The molecule has 0 aliphatic heterocycles. The van der Waals surface area contributed by atoms with Gasteiger partial charge in [0.05, 0.1) is 5.56 Å². The highest BCUT2D eigenvalue weighted by atomic mass is 16.5. The lowest BCUT2D eigenvalue weighted by Gasteiger charge is -2.11. The van der Waals surface area contributed by atoms with Gasteiger partial charge in [0.15, 0.2) is 0 Å². The summed E-state index contributed by atoms with van der Waals surface area (Å²) >= 11 is 0. The third kappa shape index (κ3) is 4.33. The van der Waals surface area contributed by atoms with Crippen LogP contribution in [0.25, 0.3) is 0 Å². The van der Waals surface area contributed by atoms with Gasteiger partial charge in [-0.2, -0.15) is 0 Å². The number of primary amides is 1. The fraction of sp³-hybridized carbons (Fsp3) is 0.235. The molecule has 0 saturated carbocycles. The molecule has 3 N–H and O–H groups in total. The van der Waals surface area contributed by atoms with Gasteiger partial charge in [0.2, 0.25) is 0 Å². The van der Waals surface area contributed by atoms with Gasteiger partial charge in [-0.3, -0.25) is 4.79 Å². The second-order valence-electron chi connectivity index (χ2n) is 5.14. The van der Waals surface area contributed by atoms with E-state index in [2.05, 4.69) is 19.2 Å².